The summed E-state index contributed by atoms with van der Waals surface area (Å²) in [4.78, 5) is 3.91. The lowest BCUT2D eigenvalue weighted by atomic mass is 9.88. The summed E-state index contributed by atoms with van der Waals surface area (Å²) in [7, 11) is 0. The Kier molecular flexibility index (Phi) is 4.60. The molecule has 90 valence electrons. The number of halogens is 2. The summed E-state index contributed by atoms with van der Waals surface area (Å²) in [5.41, 5.74) is 1.29. The predicted octanol–water partition coefficient (Wildman–Crippen LogP) is 3.91. The molecule has 0 aromatic carbocycles. The lowest BCUT2D eigenvalue weighted by Gasteiger charge is -2.28. The highest BCUT2D eigenvalue weighted by Gasteiger charge is 2.19. The van der Waals surface area contributed by atoms with E-state index in [1.165, 1.54) is 0 Å². The van der Waals surface area contributed by atoms with E-state index in [9.17, 15) is 0 Å². The van der Waals surface area contributed by atoms with Crippen LogP contribution in [0, 0.1) is 5.41 Å². The number of pyridine rings is 1. The molecule has 0 saturated heterocycles. The van der Waals surface area contributed by atoms with Crippen LogP contribution in [0.5, 0.6) is 0 Å². The van der Waals surface area contributed by atoms with Gasteiger partial charge in [0, 0.05) is 12.6 Å². The van der Waals surface area contributed by atoms with Crippen LogP contribution < -0.4 is 5.32 Å². The quantitative estimate of drug-likeness (QED) is 0.834. The molecule has 1 atom stereocenters. The molecule has 4 heteroatoms. The highest BCUT2D eigenvalue weighted by atomic mass is 35.5. The summed E-state index contributed by atoms with van der Waals surface area (Å²) in [6.07, 6.45) is 0. The number of aromatic nitrogens is 1. The van der Waals surface area contributed by atoms with Crippen molar-refractivity contribution in [1.82, 2.24) is 10.3 Å². The Hall–Kier alpha value is -0.310. The molecule has 1 heterocycles. The van der Waals surface area contributed by atoms with Crippen molar-refractivity contribution in [3.63, 3.8) is 0 Å². The standard InChI is InChI=1S/C12H18Cl2N2/c1-8(12(2,3)4)15-7-9-5-10(13)16-11(14)6-9/h5-6,8,15H,7H2,1-4H3. The van der Waals surface area contributed by atoms with Crippen LogP contribution in [0.25, 0.3) is 0 Å². The first-order valence-corrected chi connectivity index (χ1v) is 6.10. The minimum Gasteiger partial charge on any atom is -0.310 e. The molecule has 0 bridgehead atoms. The molecular formula is C12H18Cl2N2. The van der Waals surface area contributed by atoms with E-state index in [0.29, 0.717) is 16.3 Å². The largest absolute Gasteiger partial charge is 0.310 e. The normalized spacial score (nSPS) is 13.9. The van der Waals surface area contributed by atoms with Gasteiger partial charge in [0.05, 0.1) is 0 Å². The van der Waals surface area contributed by atoms with Crippen molar-refractivity contribution < 1.29 is 0 Å². The maximum Gasteiger partial charge on any atom is 0.131 e. The van der Waals surface area contributed by atoms with Crippen LogP contribution in [0.1, 0.15) is 33.3 Å². The highest BCUT2D eigenvalue weighted by molar-refractivity contribution is 6.32. The molecule has 1 rings (SSSR count). The Balaban J connectivity index is 2.61. The third-order valence-corrected chi connectivity index (χ3v) is 3.12. The van der Waals surface area contributed by atoms with Crippen molar-refractivity contribution >= 4 is 23.2 Å². The Labute approximate surface area is 107 Å². The monoisotopic (exact) mass is 260 g/mol. The number of nitrogens with zero attached hydrogens (tertiary/aromatic N) is 1. The van der Waals surface area contributed by atoms with Crippen molar-refractivity contribution in [2.45, 2.75) is 40.3 Å². The molecular weight excluding hydrogens is 243 g/mol. The van der Waals surface area contributed by atoms with Gasteiger partial charge in [0.15, 0.2) is 0 Å². The Bertz CT molecular complexity index is 338. The third-order valence-electron chi connectivity index (χ3n) is 2.73. The zero-order valence-corrected chi connectivity index (χ0v) is 11.7. The molecule has 0 radical (unpaired) electrons. The van der Waals surface area contributed by atoms with Gasteiger partial charge in [-0.15, -0.1) is 0 Å². The van der Waals surface area contributed by atoms with Crippen LogP contribution in [0.3, 0.4) is 0 Å². The SMILES string of the molecule is CC(NCc1cc(Cl)nc(Cl)c1)C(C)(C)C. The summed E-state index contributed by atoms with van der Waals surface area (Å²) < 4.78 is 0. The topological polar surface area (TPSA) is 24.9 Å². The maximum absolute atomic E-state index is 5.83. The number of hydrogen-bond donors (Lipinski definition) is 1. The molecule has 1 aromatic heterocycles. The van der Waals surface area contributed by atoms with Crippen molar-refractivity contribution in [3.8, 4) is 0 Å². The maximum atomic E-state index is 5.83. The first-order valence-electron chi connectivity index (χ1n) is 5.34. The molecule has 0 fully saturated rings. The van der Waals surface area contributed by atoms with Gasteiger partial charge in [-0.05, 0) is 30.0 Å². The summed E-state index contributed by atoms with van der Waals surface area (Å²) >= 11 is 11.7. The molecule has 0 aliphatic rings. The predicted molar refractivity (Wildman–Crippen MR) is 70.0 cm³/mol. The summed E-state index contributed by atoms with van der Waals surface area (Å²) in [6, 6.07) is 4.07. The second-order valence-electron chi connectivity index (χ2n) is 5.09. The van der Waals surface area contributed by atoms with Gasteiger partial charge in [-0.2, -0.15) is 0 Å². The minimum atomic E-state index is 0.237. The highest BCUT2D eigenvalue weighted by Crippen LogP contribution is 2.20. The van der Waals surface area contributed by atoms with Crippen molar-refractivity contribution in [2.24, 2.45) is 5.41 Å². The number of hydrogen-bond acceptors (Lipinski definition) is 2. The molecule has 0 saturated carbocycles. The molecule has 0 spiro atoms. The zero-order valence-electron chi connectivity index (χ0n) is 10.1. The Morgan fingerprint density at radius 2 is 1.75 bits per heavy atom. The number of nitrogens with one attached hydrogen (secondary N) is 1. The fraction of sp³-hybridized carbons (Fsp3) is 0.583. The van der Waals surface area contributed by atoms with Gasteiger partial charge in [0.1, 0.15) is 10.3 Å². The second-order valence-corrected chi connectivity index (χ2v) is 5.86. The lowest BCUT2D eigenvalue weighted by Crippen LogP contribution is -2.37. The minimum absolute atomic E-state index is 0.237. The third kappa shape index (κ3) is 4.28. The van der Waals surface area contributed by atoms with Crippen LogP contribution in [-0.2, 0) is 6.54 Å². The van der Waals surface area contributed by atoms with E-state index < -0.39 is 0 Å². The first-order chi connectivity index (χ1) is 7.29. The molecule has 1 unspecified atom stereocenters. The average Bonchev–Trinajstić information content (AvgIpc) is 2.11. The number of rotatable bonds is 3. The van der Waals surface area contributed by atoms with Gasteiger partial charge < -0.3 is 5.32 Å². The van der Waals surface area contributed by atoms with Crippen LogP contribution in [0.15, 0.2) is 12.1 Å². The molecule has 0 aliphatic heterocycles. The van der Waals surface area contributed by atoms with Gasteiger partial charge in [0.25, 0.3) is 0 Å². The fourth-order valence-electron chi connectivity index (χ4n) is 1.19. The molecule has 0 amide bonds. The van der Waals surface area contributed by atoms with Gasteiger partial charge in [0.2, 0.25) is 0 Å². The molecule has 1 aromatic rings. The lowest BCUT2D eigenvalue weighted by molar-refractivity contribution is 0.285. The molecule has 0 aliphatic carbocycles. The van der Waals surface area contributed by atoms with Crippen molar-refractivity contribution in [1.29, 1.82) is 0 Å². The van der Waals surface area contributed by atoms with E-state index in [1.807, 2.05) is 12.1 Å². The molecule has 1 N–H and O–H groups in total. The van der Waals surface area contributed by atoms with E-state index in [0.717, 1.165) is 12.1 Å². The Morgan fingerprint density at radius 1 is 1.25 bits per heavy atom. The van der Waals surface area contributed by atoms with Crippen LogP contribution in [-0.4, -0.2) is 11.0 Å². The van der Waals surface area contributed by atoms with Gasteiger partial charge in [-0.3, -0.25) is 0 Å². The first kappa shape index (κ1) is 13.8. The smallest absolute Gasteiger partial charge is 0.131 e. The summed E-state index contributed by atoms with van der Waals surface area (Å²) in [6.45, 7) is 9.54. The average molecular weight is 261 g/mol. The van der Waals surface area contributed by atoms with E-state index in [1.54, 1.807) is 0 Å². The van der Waals surface area contributed by atoms with Crippen LogP contribution in [0.4, 0.5) is 0 Å². The van der Waals surface area contributed by atoms with Gasteiger partial charge >= 0.3 is 0 Å². The summed E-state index contributed by atoms with van der Waals surface area (Å²) in [5, 5.41) is 4.32. The van der Waals surface area contributed by atoms with Crippen molar-refractivity contribution in [3.05, 3.63) is 28.0 Å². The van der Waals surface area contributed by atoms with E-state index in [-0.39, 0.29) is 5.41 Å². The summed E-state index contributed by atoms with van der Waals surface area (Å²) in [5.74, 6) is 0. The molecule has 16 heavy (non-hydrogen) atoms. The second kappa shape index (κ2) is 5.35. The van der Waals surface area contributed by atoms with Gasteiger partial charge in [-0.1, -0.05) is 44.0 Å². The van der Waals surface area contributed by atoms with E-state index in [2.05, 4.69) is 38.0 Å². The van der Waals surface area contributed by atoms with Crippen LogP contribution in [0.2, 0.25) is 10.3 Å². The van der Waals surface area contributed by atoms with E-state index in [4.69, 9.17) is 23.2 Å². The molecule has 2 nitrogen and oxygen atoms in total. The van der Waals surface area contributed by atoms with Crippen molar-refractivity contribution in [2.75, 3.05) is 0 Å². The fourth-order valence-corrected chi connectivity index (χ4v) is 1.70. The van der Waals surface area contributed by atoms with E-state index >= 15 is 0 Å². The Morgan fingerprint density at radius 3 is 2.19 bits per heavy atom. The van der Waals surface area contributed by atoms with Gasteiger partial charge in [-0.25, -0.2) is 4.98 Å². The zero-order chi connectivity index (χ0) is 12.3. The van der Waals surface area contributed by atoms with Crippen LogP contribution >= 0.6 is 23.2 Å².